The van der Waals surface area contributed by atoms with Crippen LogP contribution < -0.4 is 0 Å². The molecule has 0 aromatic rings. The van der Waals surface area contributed by atoms with E-state index in [2.05, 4.69) is 0 Å². The molecule has 0 spiro atoms. The standard InChI is InChI=1S/C10H14O7/c1-6(11)10(9(16)17,4-2-7(12)13)5-3-8(14)15/h2-5H2,1H3,(H,12,13)(H,14,15)(H,16,17). The fourth-order valence-corrected chi connectivity index (χ4v) is 1.48. The van der Waals surface area contributed by atoms with Gasteiger partial charge in [0.25, 0.3) is 0 Å². The molecule has 0 saturated carbocycles. The van der Waals surface area contributed by atoms with Crippen molar-refractivity contribution in [1.29, 1.82) is 0 Å². The second-order valence-electron chi connectivity index (χ2n) is 3.73. The average molecular weight is 246 g/mol. The van der Waals surface area contributed by atoms with Gasteiger partial charge >= 0.3 is 17.9 Å². The molecule has 0 aromatic heterocycles. The molecule has 0 aliphatic heterocycles. The van der Waals surface area contributed by atoms with Gasteiger partial charge in [0.1, 0.15) is 11.2 Å². The molecule has 0 amide bonds. The monoisotopic (exact) mass is 246 g/mol. The first kappa shape index (κ1) is 15.1. The fraction of sp³-hybridized carbons (Fsp3) is 0.600. The van der Waals surface area contributed by atoms with Crippen LogP contribution in [0.15, 0.2) is 0 Å². The minimum absolute atomic E-state index is 0.403. The number of carboxylic acid groups (broad SMARTS) is 3. The van der Waals surface area contributed by atoms with Crippen molar-refractivity contribution in [3.05, 3.63) is 0 Å². The van der Waals surface area contributed by atoms with Gasteiger partial charge in [0.05, 0.1) is 0 Å². The number of Topliss-reactive ketones (excluding diaryl/α,β-unsaturated/α-hetero) is 1. The van der Waals surface area contributed by atoms with E-state index in [-0.39, 0.29) is 0 Å². The number of ketones is 1. The minimum atomic E-state index is -1.92. The summed E-state index contributed by atoms with van der Waals surface area (Å²) in [6, 6.07) is 0. The molecule has 0 rings (SSSR count). The van der Waals surface area contributed by atoms with E-state index in [1.807, 2.05) is 0 Å². The summed E-state index contributed by atoms with van der Waals surface area (Å²) in [6.07, 6.45) is -1.79. The van der Waals surface area contributed by atoms with Gasteiger partial charge in [0.2, 0.25) is 0 Å². The summed E-state index contributed by atoms with van der Waals surface area (Å²) >= 11 is 0. The van der Waals surface area contributed by atoms with Gasteiger partial charge in [-0.2, -0.15) is 0 Å². The summed E-state index contributed by atoms with van der Waals surface area (Å²) < 4.78 is 0. The second kappa shape index (κ2) is 5.97. The Bertz CT molecular complexity index is 311. The lowest BCUT2D eigenvalue weighted by atomic mass is 9.76. The van der Waals surface area contributed by atoms with Crippen molar-refractivity contribution < 1.29 is 34.5 Å². The van der Waals surface area contributed by atoms with Crippen molar-refractivity contribution in [2.45, 2.75) is 32.6 Å². The van der Waals surface area contributed by atoms with Gasteiger partial charge in [-0.3, -0.25) is 19.2 Å². The molecule has 0 fully saturated rings. The molecule has 0 aliphatic rings. The predicted octanol–water partition coefficient (Wildman–Crippen LogP) is 0.376. The van der Waals surface area contributed by atoms with Gasteiger partial charge in [0, 0.05) is 12.8 Å². The zero-order valence-electron chi connectivity index (χ0n) is 9.30. The van der Waals surface area contributed by atoms with Crippen LogP contribution in [-0.4, -0.2) is 39.0 Å². The van der Waals surface area contributed by atoms with Gasteiger partial charge in [-0.25, -0.2) is 0 Å². The van der Waals surface area contributed by atoms with Crippen molar-refractivity contribution in [2.75, 3.05) is 0 Å². The highest BCUT2D eigenvalue weighted by Crippen LogP contribution is 2.31. The van der Waals surface area contributed by atoms with Crippen LogP contribution in [0.1, 0.15) is 32.6 Å². The van der Waals surface area contributed by atoms with E-state index in [9.17, 15) is 19.2 Å². The van der Waals surface area contributed by atoms with E-state index in [1.54, 1.807) is 0 Å². The first-order valence-electron chi connectivity index (χ1n) is 4.90. The largest absolute Gasteiger partial charge is 0.481 e. The Balaban J connectivity index is 4.99. The van der Waals surface area contributed by atoms with Crippen LogP contribution in [0.3, 0.4) is 0 Å². The summed E-state index contributed by atoms with van der Waals surface area (Å²) in [4.78, 5) is 43.3. The Hall–Kier alpha value is -1.92. The quantitative estimate of drug-likeness (QED) is 0.528. The number of hydrogen-bond acceptors (Lipinski definition) is 4. The molecule has 7 heteroatoms. The van der Waals surface area contributed by atoms with Crippen LogP contribution in [0.2, 0.25) is 0 Å². The smallest absolute Gasteiger partial charge is 0.317 e. The molecule has 7 nitrogen and oxygen atoms in total. The van der Waals surface area contributed by atoms with Gasteiger partial charge < -0.3 is 15.3 Å². The molecule has 3 N–H and O–H groups in total. The molecular weight excluding hydrogens is 232 g/mol. The SMILES string of the molecule is CC(=O)C(CCC(=O)O)(CCC(=O)O)C(=O)O. The van der Waals surface area contributed by atoms with E-state index in [0.717, 1.165) is 6.92 Å². The average Bonchev–Trinajstić information content (AvgIpc) is 2.16. The summed E-state index contributed by atoms with van der Waals surface area (Å²) in [5, 5.41) is 26.0. The third kappa shape index (κ3) is 4.21. The van der Waals surface area contributed by atoms with Gasteiger partial charge in [0.15, 0.2) is 0 Å². The Morgan fingerprint density at radius 2 is 1.24 bits per heavy atom. The molecule has 0 heterocycles. The Morgan fingerprint density at radius 3 is 1.41 bits per heavy atom. The maximum absolute atomic E-state index is 11.4. The predicted molar refractivity (Wildman–Crippen MR) is 54.5 cm³/mol. The molecule has 0 aromatic carbocycles. The number of carboxylic acids is 3. The fourth-order valence-electron chi connectivity index (χ4n) is 1.48. The number of carbonyl (C=O) groups excluding carboxylic acids is 1. The maximum atomic E-state index is 11.4. The first-order valence-corrected chi connectivity index (χ1v) is 4.90. The molecule has 0 unspecified atom stereocenters. The maximum Gasteiger partial charge on any atom is 0.317 e. The Kier molecular flexibility index (Phi) is 5.30. The molecule has 0 atom stereocenters. The Labute approximate surface area is 97.1 Å². The summed E-state index contributed by atoms with van der Waals surface area (Å²) in [5.41, 5.74) is -1.92. The van der Waals surface area contributed by atoms with Crippen molar-refractivity contribution in [3.63, 3.8) is 0 Å². The first-order chi connectivity index (χ1) is 7.72. The molecule has 0 aliphatic carbocycles. The lowest BCUT2D eigenvalue weighted by Gasteiger charge is -2.25. The molecule has 17 heavy (non-hydrogen) atoms. The number of rotatable bonds is 8. The normalized spacial score (nSPS) is 10.9. The van der Waals surface area contributed by atoms with Crippen LogP contribution in [0.25, 0.3) is 0 Å². The van der Waals surface area contributed by atoms with Crippen LogP contribution in [0.5, 0.6) is 0 Å². The van der Waals surface area contributed by atoms with E-state index < -0.39 is 54.8 Å². The topological polar surface area (TPSA) is 129 Å². The lowest BCUT2D eigenvalue weighted by molar-refractivity contribution is -0.156. The number of aliphatic carboxylic acids is 3. The number of carbonyl (C=O) groups is 4. The van der Waals surface area contributed by atoms with Crippen LogP contribution in [0, 0.1) is 5.41 Å². The summed E-state index contributed by atoms with van der Waals surface area (Å²) in [6.45, 7) is 1.03. The molecule has 0 bridgehead atoms. The van der Waals surface area contributed by atoms with Crippen LogP contribution >= 0.6 is 0 Å². The molecular formula is C10H14O7. The van der Waals surface area contributed by atoms with Crippen LogP contribution in [0.4, 0.5) is 0 Å². The molecule has 0 radical (unpaired) electrons. The summed E-state index contributed by atoms with van der Waals surface area (Å²) in [5.74, 6) is -4.67. The van der Waals surface area contributed by atoms with Gasteiger partial charge in [-0.05, 0) is 19.8 Å². The summed E-state index contributed by atoms with van der Waals surface area (Å²) in [7, 11) is 0. The van der Waals surface area contributed by atoms with E-state index >= 15 is 0 Å². The Morgan fingerprint density at radius 1 is 0.882 bits per heavy atom. The van der Waals surface area contributed by atoms with Crippen LogP contribution in [-0.2, 0) is 19.2 Å². The second-order valence-corrected chi connectivity index (χ2v) is 3.73. The molecule has 0 saturated heterocycles. The van der Waals surface area contributed by atoms with E-state index in [0.29, 0.717) is 0 Å². The van der Waals surface area contributed by atoms with Gasteiger partial charge in [-0.1, -0.05) is 0 Å². The zero-order chi connectivity index (χ0) is 13.6. The highest BCUT2D eigenvalue weighted by molar-refractivity contribution is 6.02. The third-order valence-corrected chi connectivity index (χ3v) is 2.61. The minimum Gasteiger partial charge on any atom is -0.481 e. The van der Waals surface area contributed by atoms with Crippen molar-refractivity contribution in [1.82, 2.24) is 0 Å². The van der Waals surface area contributed by atoms with Crippen molar-refractivity contribution in [3.8, 4) is 0 Å². The highest BCUT2D eigenvalue weighted by Gasteiger charge is 2.43. The highest BCUT2D eigenvalue weighted by atomic mass is 16.4. The van der Waals surface area contributed by atoms with Crippen molar-refractivity contribution >= 4 is 23.7 Å². The lowest BCUT2D eigenvalue weighted by Crippen LogP contribution is -2.39. The van der Waals surface area contributed by atoms with Gasteiger partial charge in [-0.15, -0.1) is 0 Å². The zero-order valence-corrected chi connectivity index (χ0v) is 9.30. The number of hydrogen-bond donors (Lipinski definition) is 3. The van der Waals surface area contributed by atoms with Crippen molar-refractivity contribution in [2.24, 2.45) is 5.41 Å². The third-order valence-electron chi connectivity index (χ3n) is 2.61. The van der Waals surface area contributed by atoms with E-state index in [4.69, 9.17) is 15.3 Å². The molecule has 96 valence electrons. The van der Waals surface area contributed by atoms with E-state index in [1.165, 1.54) is 0 Å².